The Morgan fingerprint density at radius 3 is 3.00 bits per heavy atom. The molecule has 0 aromatic carbocycles. The third-order valence-electron chi connectivity index (χ3n) is 1.62. The highest BCUT2D eigenvalue weighted by Crippen LogP contribution is 2.17. The van der Waals surface area contributed by atoms with Crippen LogP contribution < -0.4 is 0 Å². The fourth-order valence-electron chi connectivity index (χ4n) is 0.948. The van der Waals surface area contributed by atoms with Crippen LogP contribution in [0.15, 0.2) is 37.2 Å². The van der Waals surface area contributed by atoms with E-state index in [2.05, 4.69) is 16.3 Å². The average Bonchev–Trinajstić information content (AvgIpc) is 2.26. The first-order valence-corrected chi connectivity index (χ1v) is 4.05. The summed E-state index contributed by atoms with van der Waals surface area (Å²) < 4.78 is 9.29. The second-order valence-corrected chi connectivity index (χ2v) is 2.51. The molecule has 0 aliphatic rings. The fourth-order valence-corrected chi connectivity index (χ4v) is 0.948. The molecule has 0 spiro atoms. The number of carbonyl (C=O) groups is 1. The lowest BCUT2D eigenvalue weighted by molar-refractivity contribution is 0.0522. The summed E-state index contributed by atoms with van der Waals surface area (Å²) in [6, 6.07) is 3.55. The van der Waals surface area contributed by atoms with Gasteiger partial charge in [0, 0.05) is 18.0 Å². The summed E-state index contributed by atoms with van der Waals surface area (Å²) in [5.74, 6) is 0. The number of hydrogen-bond donors (Lipinski definition) is 0. The van der Waals surface area contributed by atoms with Crippen LogP contribution >= 0.6 is 0 Å². The summed E-state index contributed by atoms with van der Waals surface area (Å²) in [5, 5.41) is 0. The zero-order valence-electron chi connectivity index (χ0n) is 7.84. The number of aromatic nitrogens is 1. The van der Waals surface area contributed by atoms with Gasteiger partial charge in [-0.3, -0.25) is 4.98 Å². The summed E-state index contributed by atoms with van der Waals surface area (Å²) in [6.45, 7) is 3.56. The molecule has 1 aromatic heterocycles. The largest absolute Gasteiger partial charge is 0.508 e. The minimum absolute atomic E-state index is 0.517. The van der Waals surface area contributed by atoms with E-state index in [0.29, 0.717) is 0 Å². The van der Waals surface area contributed by atoms with Crippen LogP contribution in [0.2, 0.25) is 0 Å². The zero-order chi connectivity index (χ0) is 10.4. The Morgan fingerprint density at radius 1 is 1.71 bits per heavy atom. The van der Waals surface area contributed by atoms with Gasteiger partial charge < -0.3 is 9.47 Å². The Hall–Kier alpha value is -1.84. The predicted octanol–water partition coefficient (Wildman–Crippen LogP) is 2.09. The Labute approximate surface area is 82.2 Å². The van der Waals surface area contributed by atoms with Gasteiger partial charge in [0.15, 0.2) is 0 Å². The Morgan fingerprint density at radius 2 is 2.50 bits per heavy atom. The van der Waals surface area contributed by atoms with Crippen molar-refractivity contribution in [3.05, 3.63) is 42.7 Å². The maximum atomic E-state index is 10.8. The van der Waals surface area contributed by atoms with Gasteiger partial charge in [0.05, 0.1) is 7.11 Å². The molecule has 0 aliphatic heterocycles. The van der Waals surface area contributed by atoms with Crippen LogP contribution in [0.3, 0.4) is 0 Å². The maximum Gasteiger partial charge on any atom is 0.508 e. The summed E-state index contributed by atoms with van der Waals surface area (Å²) in [5.41, 5.74) is 0.757. The zero-order valence-corrected chi connectivity index (χ0v) is 7.84. The summed E-state index contributed by atoms with van der Waals surface area (Å²) in [7, 11) is 1.26. The number of pyridine rings is 1. The first-order chi connectivity index (χ1) is 6.77. The highest BCUT2D eigenvalue weighted by atomic mass is 16.7. The van der Waals surface area contributed by atoms with Crippen LogP contribution in [0.5, 0.6) is 0 Å². The van der Waals surface area contributed by atoms with Gasteiger partial charge in [0.25, 0.3) is 0 Å². The van der Waals surface area contributed by atoms with Crippen LogP contribution in [-0.4, -0.2) is 18.2 Å². The van der Waals surface area contributed by atoms with E-state index < -0.39 is 12.3 Å². The van der Waals surface area contributed by atoms with Gasteiger partial charge in [-0.2, -0.15) is 0 Å². The van der Waals surface area contributed by atoms with Crippen LogP contribution in [0.25, 0.3) is 0 Å². The molecule has 74 valence electrons. The molecule has 0 amide bonds. The average molecular weight is 193 g/mol. The molecule has 1 unspecified atom stereocenters. The summed E-state index contributed by atoms with van der Waals surface area (Å²) >= 11 is 0. The molecule has 0 saturated heterocycles. The van der Waals surface area contributed by atoms with Crippen molar-refractivity contribution in [3.8, 4) is 0 Å². The van der Waals surface area contributed by atoms with Crippen molar-refractivity contribution in [2.75, 3.05) is 7.11 Å². The van der Waals surface area contributed by atoms with Crippen molar-refractivity contribution in [1.82, 2.24) is 4.98 Å². The smallest absolute Gasteiger partial charge is 0.438 e. The molecule has 14 heavy (non-hydrogen) atoms. The number of methoxy groups -OCH3 is 1. The number of ether oxygens (including phenoxy) is 2. The molecule has 0 radical (unpaired) electrons. The van der Waals surface area contributed by atoms with E-state index >= 15 is 0 Å². The van der Waals surface area contributed by atoms with Crippen molar-refractivity contribution in [2.45, 2.75) is 6.10 Å². The van der Waals surface area contributed by atoms with E-state index in [4.69, 9.17) is 4.74 Å². The number of hydrogen-bond acceptors (Lipinski definition) is 4. The summed E-state index contributed by atoms with van der Waals surface area (Å²) in [6.07, 6.45) is 3.50. The molecule has 1 atom stereocenters. The minimum atomic E-state index is -0.737. The van der Waals surface area contributed by atoms with E-state index in [1.807, 2.05) is 0 Å². The third kappa shape index (κ3) is 2.58. The molecule has 1 heterocycles. The second-order valence-electron chi connectivity index (χ2n) is 2.51. The van der Waals surface area contributed by atoms with Gasteiger partial charge in [0.1, 0.15) is 6.10 Å². The molecule has 1 aromatic rings. The fraction of sp³-hybridized carbons (Fsp3) is 0.200. The van der Waals surface area contributed by atoms with E-state index in [1.165, 1.54) is 13.2 Å². The van der Waals surface area contributed by atoms with Crippen molar-refractivity contribution >= 4 is 6.16 Å². The highest BCUT2D eigenvalue weighted by Gasteiger charge is 2.12. The van der Waals surface area contributed by atoms with Crippen molar-refractivity contribution in [1.29, 1.82) is 0 Å². The SMILES string of the molecule is C=CC(OC(=O)OC)c1cccnc1. The van der Waals surface area contributed by atoms with E-state index in [1.54, 1.807) is 24.5 Å². The number of carbonyl (C=O) groups excluding carboxylic acids is 1. The third-order valence-corrected chi connectivity index (χ3v) is 1.62. The molecular formula is C10H11NO3. The topological polar surface area (TPSA) is 48.4 Å². The van der Waals surface area contributed by atoms with Gasteiger partial charge >= 0.3 is 6.16 Å². The second kappa shape index (κ2) is 5.01. The van der Waals surface area contributed by atoms with Crippen LogP contribution in [0, 0.1) is 0 Å². The van der Waals surface area contributed by atoms with E-state index in [0.717, 1.165) is 5.56 Å². The molecule has 4 heteroatoms. The minimum Gasteiger partial charge on any atom is -0.438 e. The Bertz CT molecular complexity index is 310. The van der Waals surface area contributed by atoms with Crippen molar-refractivity contribution in [3.63, 3.8) is 0 Å². The predicted molar refractivity (Wildman–Crippen MR) is 50.7 cm³/mol. The monoisotopic (exact) mass is 193 g/mol. The highest BCUT2D eigenvalue weighted by molar-refractivity contribution is 5.60. The molecule has 0 aliphatic carbocycles. The molecule has 0 N–H and O–H groups in total. The first-order valence-electron chi connectivity index (χ1n) is 4.05. The Balaban J connectivity index is 2.73. The van der Waals surface area contributed by atoms with E-state index in [-0.39, 0.29) is 0 Å². The Kier molecular flexibility index (Phi) is 3.67. The molecule has 0 fully saturated rings. The van der Waals surface area contributed by atoms with Gasteiger partial charge in [-0.1, -0.05) is 12.6 Å². The van der Waals surface area contributed by atoms with Crippen LogP contribution in [0.4, 0.5) is 4.79 Å². The molecular weight excluding hydrogens is 182 g/mol. The van der Waals surface area contributed by atoms with Gasteiger partial charge in [0.2, 0.25) is 0 Å². The lowest BCUT2D eigenvalue weighted by Gasteiger charge is -2.12. The molecule has 0 saturated carbocycles. The molecule has 4 nitrogen and oxygen atoms in total. The van der Waals surface area contributed by atoms with Gasteiger partial charge in [-0.05, 0) is 12.1 Å². The summed E-state index contributed by atoms with van der Waals surface area (Å²) in [4.78, 5) is 14.7. The van der Waals surface area contributed by atoms with Crippen LogP contribution in [-0.2, 0) is 9.47 Å². The molecule has 0 bridgehead atoms. The van der Waals surface area contributed by atoms with E-state index in [9.17, 15) is 4.79 Å². The van der Waals surface area contributed by atoms with Gasteiger partial charge in [-0.15, -0.1) is 0 Å². The normalized spacial score (nSPS) is 11.5. The standard InChI is InChI=1S/C10H11NO3/c1-3-9(14-10(12)13-2)8-5-4-6-11-7-8/h3-7,9H,1H2,2H3. The maximum absolute atomic E-state index is 10.8. The van der Waals surface area contributed by atoms with Crippen molar-refractivity contribution < 1.29 is 14.3 Å². The van der Waals surface area contributed by atoms with Crippen molar-refractivity contribution in [2.24, 2.45) is 0 Å². The number of nitrogens with zero attached hydrogens (tertiary/aromatic N) is 1. The lowest BCUT2D eigenvalue weighted by atomic mass is 10.2. The number of rotatable bonds is 3. The first kappa shape index (κ1) is 10.2. The quantitative estimate of drug-likeness (QED) is 0.544. The molecule has 1 rings (SSSR count). The van der Waals surface area contributed by atoms with Crippen LogP contribution in [0.1, 0.15) is 11.7 Å². The lowest BCUT2D eigenvalue weighted by Crippen LogP contribution is -2.09. The van der Waals surface area contributed by atoms with Gasteiger partial charge in [-0.25, -0.2) is 4.79 Å².